The molecule has 2 aromatic heterocycles. The third kappa shape index (κ3) is 7.71. The molecule has 0 bridgehead atoms. The fraction of sp³-hybridized carbons (Fsp3) is 0.391. The van der Waals surface area contributed by atoms with Crippen molar-refractivity contribution in [1.29, 1.82) is 0 Å². The van der Waals surface area contributed by atoms with E-state index in [2.05, 4.69) is 50.7 Å². The number of aliphatic hydroxyl groups is 1. The molecule has 0 aliphatic heterocycles. The average Bonchev–Trinajstić information content (AvgIpc) is 3.56. The molecule has 0 radical (unpaired) electrons. The maximum absolute atomic E-state index is 11.4. The van der Waals surface area contributed by atoms with Crippen LogP contribution in [-0.4, -0.2) is 48.5 Å². The standard InChI is InChI=1S/C17H20ClN3O.C6H8ClN5O2S/c1-16(2)8-7-14(9-13-3-5-15(18)6-4-13)17(16,22)10-21-12-19-11-20-21;1-8-6(11-12(13)14)10-3-4-2-9-5(7)15-4/h3-6,9,11-12,22H,7-8,10H2,1-2H3;2H,3H2,1H3,(H2,8,10,11)/b14-9+;. The van der Waals surface area contributed by atoms with E-state index < -0.39 is 10.6 Å². The summed E-state index contributed by atoms with van der Waals surface area (Å²) in [5.74, 6) is 0.0875. The molecule has 1 unspecified atom stereocenters. The third-order valence-corrected chi connectivity index (χ3v) is 7.48. The number of nitro groups is 1. The van der Waals surface area contributed by atoms with Crippen molar-refractivity contribution in [1.82, 2.24) is 30.4 Å². The zero-order valence-corrected chi connectivity index (χ0v) is 22.9. The summed E-state index contributed by atoms with van der Waals surface area (Å²) in [6, 6.07) is 7.67. The van der Waals surface area contributed by atoms with Crippen molar-refractivity contribution in [3.8, 4) is 0 Å². The van der Waals surface area contributed by atoms with Gasteiger partial charge in [-0.15, -0.1) is 11.3 Å². The summed E-state index contributed by atoms with van der Waals surface area (Å²) < 4.78 is 2.13. The van der Waals surface area contributed by atoms with E-state index in [1.54, 1.807) is 17.2 Å². The van der Waals surface area contributed by atoms with Crippen LogP contribution in [0.5, 0.6) is 0 Å². The van der Waals surface area contributed by atoms with Crippen LogP contribution in [0.25, 0.3) is 6.08 Å². The lowest BCUT2D eigenvalue weighted by Crippen LogP contribution is -2.45. The predicted molar refractivity (Wildman–Crippen MR) is 145 cm³/mol. The van der Waals surface area contributed by atoms with Gasteiger partial charge in [-0.05, 0) is 41.5 Å². The maximum atomic E-state index is 11.4. The summed E-state index contributed by atoms with van der Waals surface area (Å²) in [4.78, 5) is 18.8. The molecule has 2 heterocycles. The van der Waals surface area contributed by atoms with E-state index in [1.165, 1.54) is 24.7 Å². The van der Waals surface area contributed by atoms with Crippen LogP contribution in [0.15, 0.2) is 53.8 Å². The van der Waals surface area contributed by atoms with Crippen LogP contribution in [-0.2, 0) is 13.1 Å². The lowest BCUT2D eigenvalue weighted by Gasteiger charge is -2.37. The summed E-state index contributed by atoms with van der Waals surface area (Å²) in [5.41, 5.74) is 0.946. The molecule has 0 saturated heterocycles. The van der Waals surface area contributed by atoms with Gasteiger partial charge in [-0.1, -0.05) is 55.3 Å². The van der Waals surface area contributed by atoms with Crippen molar-refractivity contribution in [3.05, 3.63) is 78.7 Å². The molecule has 0 amide bonds. The number of nitrogens with one attached hydrogen (secondary N) is 2. The van der Waals surface area contributed by atoms with E-state index in [0.29, 0.717) is 22.6 Å². The van der Waals surface area contributed by atoms with Gasteiger partial charge in [0.05, 0.1) is 13.1 Å². The van der Waals surface area contributed by atoms with E-state index in [4.69, 9.17) is 23.2 Å². The number of benzene rings is 1. The minimum atomic E-state index is -0.930. The molecule has 1 aliphatic carbocycles. The predicted octanol–water partition coefficient (Wildman–Crippen LogP) is 4.22. The van der Waals surface area contributed by atoms with Crippen LogP contribution in [0.4, 0.5) is 0 Å². The van der Waals surface area contributed by atoms with Gasteiger partial charge in [0, 0.05) is 23.1 Å². The first-order valence-corrected chi connectivity index (χ1v) is 12.9. The van der Waals surface area contributed by atoms with Crippen LogP contribution >= 0.6 is 34.5 Å². The van der Waals surface area contributed by atoms with Crippen molar-refractivity contribution in [2.24, 2.45) is 10.5 Å². The lowest BCUT2D eigenvalue weighted by atomic mass is 9.76. The number of guanidine groups is 1. The molecule has 1 saturated carbocycles. The van der Waals surface area contributed by atoms with Crippen molar-refractivity contribution < 1.29 is 10.1 Å². The minimum Gasteiger partial charge on any atom is -0.383 e. The van der Waals surface area contributed by atoms with Crippen molar-refractivity contribution in [2.45, 2.75) is 45.4 Å². The topological polar surface area (TPSA) is 143 Å². The molecule has 3 aromatic rings. The van der Waals surface area contributed by atoms with Gasteiger partial charge in [-0.3, -0.25) is 0 Å². The van der Waals surface area contributed by atoms with Gasteiger partial charge in [0.2, 0.25) is 0 Å². The van der Waals surface area contributed by atoms with Gasteiger partial charge in [0.1, 0.15) is 23.4 Å². The first-order valence-electron chi connectivity index (χ1n) is 11.3. The third-order valence-electron chi connectivity index (χ3n) is 6.11. The van der Waals surface area contributed by atoms with Crippen molar-refractivity contribution in [2.75, 3.05) is 7.05 Å². The highest BCUT2D eigenvalue weighted by Gasteiger charge is 2.51. The fourth-order valence-electron chi connectivity index (χ4n) is 3.90. The van der Waals surface area contributed by atoms with E-state index in [0.717, 1.165) is 28.9 Å². The van der Waals surface area contributed by atoms with Crippen LogP contribution in [0.2, 0.25) is 9.49 Å². The van der Waals surface area contributed by atoms with Gasteiger partial charge in [-0.2, -0.15) is 5.10 Å². The van der Waals surface area contributed by atoms with E-state index in [-0.39, 0.29) is 11.4 Å². The summed E-state index contributed by atoms with van der Waals surface area (Å²) in [7, 11) is 1.54. The highest BCUT2D eigenvalue weighted by molar-refractivity contribution is 7.15. The second-order valence-electron chi connectivity index (χ2n) is 8.93. The fourth-order valence-corrected chi connectivity index (χ4v) is 4.95. The van der Waals surface area contributed by atoms with Gasteiger partial charge in [0.15, 0.2) is 9.50 Å². The SMILES string of the molecule is CC1(C)CC/C(=C\c2ccc(Cl)cc2)C1(O)Cn1cncn1.CN/C(=N\[N+](=O)[O-])NCc1cnc(Cl)s1. The summed E-state index contributed by atoms with van der Waals surface area (Å²) in [6.45, 7) is 5.01. The number of rotatable bonds is 6. The first-order chi connectivity index (χ1) is 17.5. The molecule has 3 N–H and O–H groups in total. The van der Waals surface area contributed by atoms with E-state index >= 15 is 0 Å². The monoisotopic (exact) mass is 566 g/mol. The van der Waals surface area contributed by atoms with Gasteiger partial charge in [0.25, 0.3) is 5.96 Å². The van der Waals surface area contributed by atoms with Gasteiger partial charge in [-0.25, -0.2) is 24.8 Å². The Morgan fingerprint density at radius 3 is 2.65 bits per heavy atom. The smallest absolute Gasteiger partial charge is 0.268 e. The van der Waals surface area contributed by atoms with Crippen LogP contribution in [0.3, 0.4) is 0 Å². The highest BCUT2D eigenvalue weighted by atomic mass is 35.5. The number of halogens is 2. The van der Waals surface area contributed by atoms with Gasteiger partial charge < -0.3 is 15.7 Å². The zero-order valence-electron chi connectivity index (χ0n) is 20.6. The largest absolute Gasteiger partial charge is 0.383 e. The van der Waals surface area contributed by atoms with Crippen molar-refractivity contribution in [3.63, 3.8) is 0 Å². The Morgan fingerprint density at radius 2 is 2.08 bits per heavy atom. The van der Waals surface area contributed by atoms with Crippen LogP contribution in [0, 0.1) is 15.5 Å². The Balaban J connectivity index is 0.000000222. The molecule has 11 nitrogen and oxygen atoms in total. The molecule has 1 atom stereocenters. The Morgan fingerprint density at radius 1 is 1.35 bits per heavy atom. The Bertz CT molecular complexity index is 1250. The number of thiazole rings is 1. The minimum absolute atomic E-state index is 0.0875. The number of hydrogen-bond donors (Lipinski definition) is 3. The molecule has 4 rings (SSSR count). The van der Waals surface area contributed by atoms with Crippen LogP contribution in [0.1, 0.15) is 37.1 Å². The number of hydrogen-bond acceptors (Lipinski definition) is 7. The summed E-state index contributed by atoms with van der Waals surface area (Å²) in [5, 5.41) is 33.9. The summed E-state index contributed by atoms with van der Waals surface area (Å²) >= 11 is 12.9. The Hall–Kier alpha value is -3.06. The second kappa shape index (κ2) is 12.5. The van der Waals surface area contributed by atoms with E-state index in [9.17, 15) is 15.2 Å². The molecule has 0 spiro atoms. The number of hydrazone groups is 1. The molecule has 14 heteroatoms. The molecular weight excluding hydrogens is 539 g/mol. The Labute approximate surface area is 228 Å². The molecule has 1 aromatic carbocycles. The first kappa shape index (κ1) is 28.5. The molecule has 198 valence electrons. The molecular formula is C23H28Cl2N8O3S. The van der Waals surface area contributed by atoms with Gasteiger partial charge >= 0.3 is 0 Å². The molecule has 1 aliphatic rings. The number of aromatic nitrogens is 4. The average molecular weight is 568 g/mol. The van der Waals surface area contributed by atoms with E-state index in [1.807, 2.05) is 24.3 Å². The lowest BCUT2D eigenvalue weighted by molar-refractivity contribution is -0.485. The van der Waals surface area contributed by atoms with Crippen molar-refractivity contribution >= 4 is 46.6 Å². The summed E-state index contributed by atoms with van der Waals surface area (Å²) in [6.07, 6.45) is 8.63. The normalized spacial score (nSPS) is 19.8. The quantitative estimate of drug-likeness (QED) is 0.174. The second-order valence-corrected chi connectivity index (χ2v) is 11.1. The Kier molecular flexibility index (Phi) is 9.60. The maximum Gasteiger partial charge on any atom is 0.268 e. The highest BCUT2D eigenvalue weighted by Crippen LogP contribution is 2.50. The number of nitrogens with zero attached hydrogens (tertiary/aromatic N) is 6. The zero-order chi connectivity index (χ0) is 27.1. The molecule has 37 heavy (non-hydrogen) atoms. The molecule has 1 fully saturated rings. The van der Waals surface area contributed by atoms with Crippen LogP contribution < -0.4 is 10.6 Å².